The number of sulfone groups is 1. The first-order chi connectivity index (χ1) is 9.16. The minimum absolute atomic E-state index is 0.103. The predicted molar refractivity (Wildman–Crippen MR) is 81.4 cm³/mol. The first-order valence-electron chi connectivity index (χ1n) is 7.53. The average molecular weight is 306 g/mol. The quantitative estimate of drug-likeness (QED) is 0.708. The molecule has 0 aliphatic heterocycles. The van der Waals surface area contributed by atoms with Crippen LogP contribution in [0.2, 0.25) is 0 Å². The Kier molecular flexibility index (Phi) is 6.48. The molecular weight excluding hydrogens is 276 g/mol. The molecule has 1 aliphatic rings. The summed E-state index contributed by atoms with van der Waals surface area (Å²) in [5, 5.41) is -0.178. The van der Waals surface area contributed by atoms with Gasteiger partial charge in [0.1, 0.15) is 0 Å². The van der Waals surface area contributed by atoms with Gasteiger partial charge in [0, 0.05) is 7.11 Å². The molecule has 0 aromatic carbocycles. The zero-order chi connectivity index (χ0) is 15.4. The Labute approximate surface area is 124 Å². The molecule has 0 amide bonds. The van der Waals surface area contributed by atoms with Crippen LogP contribution in [0.4, 0.5) is 0 Å². The Morgan fingerprint density at radius 3 is 2.15 bits per heavy atom. The molecule has 1 saturated carbocycles. The van der Waals surface area contributed by atoms with E-state index in [-0.39, 0.29) is 29.3 Å². The van der Waals surface area contributed by atoms with Gasteiger partial charge in [-0.1, -0.05) is 20.8 Å². The van der Waals surface area contributed by atoms with Crippen LogP contribution in [0.25, 0.3) is 0 Å². The van der Waals surface area contributed by atoms with Crippen molar-refractivity contribution in [3.63, 3.8) is 0 Å². The second-order valence-electron chi connectivity index (χ2n) is 6.88. The summed E-state index contributed by atoms with van der Waals surface area (Å²) in [5.74, 6) is 0.740. The second-order valence-corrected chi connectivity index (χ2v) is 9.28. The van der Waals surface area contributed by atoms with Gasteiger partial charge in [-0.05, 0) is 43.9 Å². The van der Waals surface area contributed by atoms with Crippen LogP contribution in [0.1, 0.15) is 53.4 Å². The maximum absolute atomic E-state index is 12.3. The molecule has 1 aliphatic carbocycles. The van der Waals surface area contributed by atoms with E-state index in [9.17, 15) is 8.42 Å². The van der Waals surface area contributed by atoms with Crippen molar-refractivity contribution in [1.29, 1.82) is 0 Å². The van der Waals surface area contributed by atoms with Gasteiger partial charge in [-0.3, -0.25) is 0 Å². The highest BCUT2D eigenvalue weighted by atomic mass is 32.2. The van der Waals surface area contributed by atoms with Crippen molar-refractivity contribution in [2.24, 2.45) is 11.3 Å². The van der Waals surface area contributed by atoms with Crippen molar-refractivity contribution in [1.82, 2.24) is 0 Å². The fourth-order valence-corrected chi connectivity index (χ4v) is 4.51. The van der Waals surface area contributed by atoms with Crippen molar-refractivity contribution < 1.29 is 17.9 Å². The van der Waals surface area contributed by atoms with Crippen LogP contribution in [-0.4, -0.2) is 39.4 Å². The fourth-order valence-electron chi connectivity index (χ4n) is 2.85. The van der Waals surface area contributed by atoms with Gasteiger partial charge in [0.2, 0.25) is 0 Å². The van der Waals surface area contributed by atoms with Gasteiger partial charge in [-0.2, -0.15) is 0 Å². The highest BCUT2D eigenvalue weighted by Crippen LogP contribution is 2.39. The largest absolute Gasteiger partial charge is 0.356 e. The summed E-state index contributed by atoms with van der Waals surface area (Å²) in [6, 6.07) is 0. The van der Waals surface area contributed by atoms with Crippen molar-refractivity contribution in [3.05, 3.63) is 0 Å². The summed E-state index contributed by atoms with van der Waals surface area (Å²) in [6.07, 6.45) is 3.28. The maximum atomic E-state index is 12.3. The molecule has 5 heteroatoms. The second kappa shape index (κ2) is 7.23. The number of ether oxygens (including phenoxy) is 2. The SMILES string of the molecule is COC(C)OCCS(=O)(=O)C1CCC(C(C)(C)C)CC1. The molecule has 0 radical (unpaired) electrons. The van der Waals surface area contributed by atoms with Crippen molar-refractivity contribution in [2.45, 2.75) is 64.9 Å². The number of rotatable bonds is 6. The highest BCUT2D eigenvalue weighted by molar-refractivity contribution is 7.92. The van der Waals surface area contributed by atoms with Gasteiger partial charge in [-0.15, -0.1) is 0 Å². The molecule has 1 atom stereocenters. The van der Waals surface area contributed by atoms with Crippen molar-refractivity contribution >= 4 is 9.84 Å². The van der Waals surface area contributed by atoms with Crippen LogP contribution in [0.15, 0.2) is 0 Å². The zero-order valence-electron chi connectivity index (χ0n) is 13.5. The van der Waals surface area contributed by atoms with Gasteiger partial charge in [0.25, 0.3) is 0 Å². The number of hydrogen-bond acceptors (Lipinski definition) is 4. The Balaban J connectivity index is 2.43. The molecule has 0 spiro atoms. The maximum Gasteiger partial charge on any atom is 0.155 e. The molecule has 0 N–H and O–H groups in total. The van der Waals surface area contributed by atoms with E-state index >= 15 is 0 Å². The van der Waals surface area contributed by atoms with E-state index in [1.54, 1.807) is 14.0 Å². The molecule has 20 heavy (non-hydrogen) atoms. The summed E-state index contributed by atoms with van der Waals surface area (Å²) in [6.45, 7) is 8.71. The van der Waals surface area contributed by atoms with Gasteiger partial charge in [0.05, 0.1) is 17.6 Å². The van der Waals surface area contributed by atoms with Gasteiger partial charge in [-0.25, -0.2) is 8.42 Å². The van der Waals surface area contributed by atoms with Crippen LogP contribution in [-0.2, 0) is 19.3 Å². The lowest BCUT2D eigenvalue weighted by Gasteiger charge is -2.36. The third-order valence-electron chi connectivity index (χ3n) is 4.46. The zero-order valence-corrected chi connectivity index (χ0v) is 14.3. The Morgan fingerprint density at radius 1 is 1.15 bits per heavy atom. The average Bonchev–Trinajstić information content (AvgIpc) is 2.37. The Hall–Kier alpha value is -0.130. The Bertz CT molecular complexity index is 375. The standard InChI is InChI=1S/C15H30O4S/c1-12(18-5)19-10-11-20(16,17)14-8-6-13(7-9-14)15(2,3)4/h12-14H,6-11H2,1-5H3. The number of methoxy groups -OCH3 is 1. The molecule has 0 bridgehead atoms. The van der Waals surface area contributed by atoms with Crippen LogP contribution < -0.4 is 0 Å². The van der Waals surface area contributed by atoms with Crippen molar-refractivity contribution in [3.8, 4) is 0 Å². The van der Waals surface area contributed by atoms with E-state index in [0.717, 1.165) is 25.7 Å². The molecule has 0 aromatic heterocycles. The Morgan fingerprint density at radius 2 is 1.70 bits per heavy atom. The van der Waals surface area contributed by atoms with E-state index in [0.29, 0.717) is 5.92 Å². The summed E-state index contributed by atoms with van der Waals surface area (Å²) >= 11 is 0. The molecular formula is C15H30O4S. The molecule has 1 fully saturated rings. The minimum atomic E-state index is -3.04. The molecule has 4 nitrogen and oxygen atoms in total. The van der Waals surface area contributed by atoms with E-state index in [4.69, 9.17) is 9.47 Å². The summed E-state index contributed by atoms with van der Waals surface area (Å²) in [4.78, 5) is 0. The van der Waals surface area contributed by atoms with Crippen LogP contribution in [0, 0.1) is 11.3 Å². The minimum Gasteiger partial charge on any atom is -0.356 e. The third kappa shape index (κ3) is 5.34. The van der Waals surface area contributed by atoms with Crippen LogP contribution in [0.5, 0.6) is 0 Å². The fraction of sp³-hybridized carbons (Fsp3) is 1.00. The summed E-state index contributed by atoms with van der Waals surface area (Å²) in [7, 11) is -1.49. The lowest BCUT2D eigenvalue weighted by molar-refractivity contribution is -0.106. The summed E-state index contributed by atoms with van der Waals surface area (Å²) < 4.78 is 34.8. The molecule has 120 valence electrons. The lowest BCUT2D eigenvalue weighted by Crippen LogP contribution is -2.34. The summed E-state index contributed by atoms with van der Waals surface area (Å²) in [5.41, 5.74) is 0.283. The van der Waals surface area contributed by atoms with E-state index < -0.39 is 9.84 Å². The topological polar surface area (TPSA) is 52.6 Å². The van der Waals surface area contributed by atoms with Gasteiger partial charge < -0.3 is 9.47 Å². The molecule has 0 heterocycles. The van der Waals surface area contributed by atoms with E-state index in [1.165, 1.54) is 0 Å². The normalized spacial score (nSPS) is 26.4. The third-order valence-corrected chi connectivity index (χ3v) is 6.68. The van der Waals surface area contributed by atoms with Gasteiger partial charge in [0.15, 0.2) is 16.1 Å². The monoisotopic (exact) mass is 306 g/mol. The first-order valence-corrected chi connectivity index (χ1v) is 9.24. The highest BCUT2D eigenvalue weighted by Gasteiger charge is 2.34. The molecule has 1 unspecified atom stereocenters. The van der Waals surface area contributed by atoms with Crippen LogP contribution >= 0.6 is 0 Å². The van der Waals surface area contributed by atoms with Gasteiger partial charge >= 0.3 is 0 Å². The lowest BCUT2D eigenvalue weighted by atomic mass is 9.72. The van der Waals surface area contributed by atoms with E-state index in [2.05, 4.69) is 20.8 Å². The first kappa shape index (κ1) is 17.9. The van der Waals surface area contributed by atoms with Crippen molar-refractivity contribution in [2.75, 3.05) is 19.5 Å². The number of hydrogen-bond donors (Lipinski definition) is 0. The molecule has 0 aromatic rings. The predicted octanol–water partition coefficient (Wildman–Crippen LogP) is 3.02. The van der Waals surface area contributed by atoms with E-state index in [1.807, 2.05) is 0 Å². The molecule has 1 rings (SSSR count). The smallest absolute Gasteiger partial charge is 0.155 e. The van der Waals surface area contributed by atoms with Crippen LogP contribution in [0.3, 0.4) is 0 Å². The molecule has 0 saturated heterocycles.